The molecule has 7 nitrogen and oxygen atoms in total. The van der Waals surface area contributed by atoms with Gasteiger partial charge in [-0.15, -0.1) is 0 Å². The van der Waals surface area contributed by atoms with Crippen LogP contribution in [0.15, 0.2) is 30.3 Å². The molecule has 1 spiro atoms. The van der Waals surface area contributed by atoms with Gasteiger partial charge in [0.25, 0.3) is 0 Å². The van der Waals surface area contributed by atoms with Gasteiger partial charge < -0.3 is 25.0 Å². The molecule has 2 saturated carbocycles. The highest BCUT2D eigenvalue weighted by Gasteiger charge is 2.55. The van der Waals surface area contributed by atoms with Crippen LogP contribution in [0, 0.1) is 17.8 Å². The molecular formula is C30H45N3O4. The molecule has 4 atom stereocenters. The van der Waals surface area contributed by atoms with E-state index in [1.54, 1.807) is 0 Å². The molecule has 2 unspecified atom stereocenters. The summed E-state index contributed by atoms with van der Waals surface area (Å²) in [6, 6.07) is 9.20. The standard InChI is InChI=1S/C30H45N3O4/c1-2-3-16-33-28(35)26(27(34)22-10-6-4-7-11-22)31-29(36)30(33)14-17-32(18-15-30)20-23-19-24(23)21-37-25-12-8-5-9-13-25/h5,8-9,12-13,22-24,26-27,34H,2-4,6-7,10-11,14-21H2,1H3,(H,31,36)/t23?,24?,26-,27-/m1/s1. The molecular weight excluding hydrogens is 466 g/mol. The molecule has 2 aliphatic heterocycles. The maximum absolute atomic E-state index is 13.8. The van der Waals surface area contributed by atoms with E-state index < -0.39 is 17.7 Å². The molecule has 204 valence electrons. The number of unbranched alkanes of at least 4 members (excludes halogenated alkanes) is 1. The molecule has 2 saturated heterocycles. The number of nitrogens with zero attached hydrogens (tertiary/aromatic N) is 2. The van der Waals surface area contributed by atoms with Crippen molar-refractivity contribution in [2.24, 2.45) is 17.8 Å². The minimum atomic E-state index is -0.798. The van der Waals surface area contributed by atoms with E-state index in [1.807, 2.05) is 35.2 Å². The van der Waals surface area contributed by atoms with Gasteiger partial charge >= 0.3 is 0 Å². The second-order valence-corrected chi connectivity index (χ2v) is 11.9. The van der Waals surface area contributed by atoms with Crippen LogP contribution in [-0.4, -0.2) is 77.2 Å². The average Bonchev–Trinajstić information content (AvgIpc) is 3.69. The van der Waals surface area contributed by atoms with Crippen LogP contribution in [0.3, 0.4) is 0 Å². The predicted molar refractivity (Wildman–Crippen MR) is 143 cm³/mol. The fourth-order valence-corrected chi connectivity index (χ4v) is 6.85. The number of likely N-dealkylation sites (tertiary alicyclic amines) is 1. The summed E-state index contributed by atoms with van der Waals surface area (Å²) in [5.41, 5.74) is -0.773. The van der Waals surface area contributed by atoms with Crippen molar-refractivity contribution in [2.45, 2.75) is 88.8 Å². The summed E-state index contributed by atoms with van der Waals surface area (Å²) in [6.45, 7) is 6.15. The van der Waals surface area contributed by atoms with Crippen LogP contribution < -0.4 is 10.1 Å². The van der Waals surface area contributed by atoms with Crippen LogP contribution in [0.1, 0.15) is 71.1 Å². The molecule has 7 heteroatoms. The largest absolute Gasteiger partial charge is 0.493 e. The van der Waals surface area contributed by atoms with Crippen LogP contribution in [0.5, 0.6) is 5.75 Å². The van der Waals surface area contributed by atoms with Crippen LogP contribution in [-0.2, 0) is 9.59 Å². The van der Waals surface area contributed by atoms with Crippen LogP contribution >= 0.6 is 0 Å². The van der Waals surface area contributed by atoms with Crippen molar-refractivity contribution in [3.8, 4) is 5.75 Å². The van der Waals surface area contributed by atoms with E-state index in [-0.39, 0.29) is 17.7 Å². The van der Waals surface area contributed by atoms with E-state index >= 15 is 0 Å². The molecule has 0 bridgehead atoms. The van der Waals surface area contributed by atoms with Gasteiger partial charge in [-0.25, -0.2) is 0 Å². The minimum Gasteiger partial charge on any atom is -0.493 e. The number of carbonyl (C=O) groups excluding carboxylic acids is 2. The Bertz CT molecular complexity index is 911. The number of aliphatic hydroxyl groups excluding tert-OH is 1. The number of piperazine rings is 1. The molecule has 1 aromatic carbocycles. The Morgan fingerprint density at radius 1 is 1.08 bits per heavy atom. The molecule has 2 N–H and O–H groups in total. The van der Waals surface area contributed by atoms with Gasteiger partial charge in [-0.2, -0.15) is 0 Å². The Morgan fingerprint density at radius 3 is 2.51 bits per heavy atom. The van der Waals surface area contributed by atoms with E-state index in [1.165, 1.54) is 12.8 Å². The van der Waals surface area contributed by atoms with Gasteiger partial charge in [0, 0.05) is 26.2 Å². The Labute approximate surface area is 221 Å². The molecule has 5 rings (SSSR count). The minimum absolute atomic E-state index is 0.0525. The summed E-state index contributed by atoms with van der Waals surface area (Å²) in [6.07, 6.45) is 8.84. The summed E-state index contributed by atoms with van der Waals surface area (Å²) in [4.78, 5) is 31.8. The van der Waals surface area contributed by atoms with Crippen LogP contribution in [0.4, 0.5) is 0 Å². The lowest BCUT2D eigenvalue weighted by atomic mass is 9.78. The molecule has 2 aliphatic carbocycles. The molecule has 2 heterocycles. The highest BCUT2D eigenvalue weighted by Crippen LogP contribution is 2.41. The zero-order valence-electron chi connectivity index (χ0n) is 22.4. The quantitative estimate of drug-likeness (QED) is 0.502. The smallest absolute Gasteiger partial charge is 0.248 e. The topological polar surface area (TPSA) is 82.1 Å². The van der Waals surface area contributed by atoms with Crippen molar-refractivity contribution in [3.05, 3.63) is 30.3 Å². The third kappa shape index (κ3) is 5.83. The molecule has 4 aliphatic rings. The maximum Gasteiger partial charge on any atom is 0.248 e. The van der Waals surface area contributed by atoms with Gasteiger partial charge in [0.1, 0.15) is 17.3 Å². The van der Waals surface area contributed by atoms with Gasteiger partial charge in [0.05, 0.1) is 12.7 Å². The summed E-state index contributed by atoms with van der Waals surface area (Å²) < 4.78 is 5.95. The monoisotopic (exact) mass is 511 g/mol. The molecule has 0 radical (unpaired) electrons. The van der Waals surface area contributed by atoms with E-state index in [2.05, 4.69) is 17.1 Å². The summed E-state index contributed by atoms with van der Waals surface area (Å²) in [5.74, 6) is 2.15. The van der Waals surface area contributed by atoms with Gasteiger partial charge in [-0.05, 0) is 68.4 Å². The lowest BCUT2D eigenvalue weighted by molar-refractivity contribution is -0.166. The number of rotatable bonds is 10. The number of para-hydroxylation sites is 1. The Hall–Kier alpha value is -2.12. The molecule has 37 heavy (non-hydrogen) atoms. The fraction of sp³-hybridized carbons (Fsp3) is 0.733. The van der Waals surface area contributed by atoms with Crippen molar-refractivity contribution in [1.29, 1.82) is 0 Å². The third-order valence-corrected chi connectivity index (χ3v) is 9.42. The van der Waals surface area contributed by atoms with Crippen molar-refractivity contribution in [1.82, 2.24) is 15.1 Å². The Balaban J connectivity index is 1.17. The Morgan fingerprint density at radius 2 is 1.81 bits per heavy atom. The second kappa shape index (κ2) is 11.7. The van der Waals surface area contributed by atoms with E-state index in [0.29, 0.717) is 31.2 Å². The SMILES string of the molecule is CCCCN1C(=O)[C@@H]([C@H](O)C2CCCCC2)NC(=O)C12CCN(CC1CC1COc1ccccc1)CC2. The Kier molecular flexibility index (Phi) is 8.40. The van der Waals surface area contributed by atoms with E-state index in [4.69, 9.17) is 4.74 Å². The van der Waals surface area contributed by atoms with Crippen molar-refractivity contribution >= 4 is 11.8 Å². The van der Waals surface area contributed by atoms with Gasteiger partial charge in [-0.1, -0.05) is 50.8 Å². The van der Waals surface area contributed by atoms with E-state index in [0.717, 1.165) is 70.5 Å². The average molecular weight is 512 g/mol. The number of aliphatic hydroxyl groups is 1. The normalized spacial score (nSPS) is 29.2. The second-order valence-electron chi connectivity index (χ2n) is 11.9. The zero-order valence-corrected chi connectivity index (χ0v) is 22.4. The lowest BCUT2D eigenvalue weighted by Gasteiger charge is -2.52. The van der Waals surface area contributed by atoms with Crippen molar-refractivity contribution in [3.63, 3.8) is 0 Å². The number of hydrogen-bond donors (Lipinski definition) is 2. The van der Waals surface area contributed by atoms with E-state index in [9.17, 15) is 14.7 Å². The number of carbonyl (C=O) groups is 2. The first-order valence-corrected chi connectivity index (χ1v) is 14.7. The number of piperidine rings is 1. The first-order chi connectivity index (χ1) is 18.0. The fourth-order valence-electron chi connectivity index (χ4n) is 6.85. The van der Waals surface area contributed by atoms with Crippen molar-refractivity contribution in [2.75, 3.05) is 32.8 Å². The van der Waals surface area contributed by atoms with Gasteiger partial charge in [0.15, 0.2) is 0 Å². The van der Waals surface area contributed by atoms with Gasteiger partial charge in [0.2, 0.25) is 11.8 Å². The summed E-state index contributed by atoms with van der Waals surface area (Å²) in [5, 5.41) is 14.1. The zero-order chi connectivity index (χ0) is 25.8. The van der Waals surface area contributed by atoms with Gasteiger partial charge in [-0.3, -0.25) is 9.59 Å². The highest BCUT2D eigenvalue weighted by molar-refractivity contribution is 6.00. The van der Waals surface area contributed by atoms with Crippen LogP contribution in [0.25, 0.3) is 0 Å². The highest BCUT2D eigenvalue weighted by atomic mass is 16.5. The van der Waals surface area contributed by atoms with Crippen LogP contribution in [0.2, 0.25) is 0 Å². The molecule has 4 fully saturated rings. The predicted octanol–water partition coefficient (Wildman–Crippen LogP) is 3.60. The number of ether oxygens (including phenoxy) is 1. The third-order valence-electron chi connectivity index (χ3n) is 9.42. The lowest BCUT2D eigenvalue weighted by Crippen LogP contribution is -2.75. The summed E-state index contributed by atoms with van der Waals surface area (Å²) in [7, 11) is 0. The maximum atomic E-state index is 13.8. The molecule has 2 amide bonds. The molecule has 1 aromatic rings. The number of amides is 2. The first-order valence-electron chi connectivity index (χ1n) is 14.7. The number of hydrogen-bond acceptors (Lipinski definition) is 5. The number of benzene rings is 1. The summed E-state index contributed by atoms with van der Waals surface area (Å²) >= 11 is 0. The number of nitrogens with one attached hydrogen (secondary N) is 1. The molecule has 0 aromatic heterocycles. The van der Waals surface area contributed by atoms with Crippen molar-refractivity contribution < 1.29 is 19.4 Å². The first kappa shape index (κ1) is 26.5.